The van der Waals surface area contributed by atoms with Crippen molar-refractivity contribution in [2.45, 2.75) is 94.6 Å². The molecule has 0 nitrogen and oxygen atoms in total. The van der Waals surface area contributed by atoms with Gasteiger partial charge >= 0.3 is 0 Å². The van der Waals surface area contributed by atoms with Gasteiger partial charge in [0.15, 0.2) is 0 Å². The van der Waals surface area contributed by atoms with Gasteiger partial charge in [0.2, 0.25) is 0 Å². The van der Waals surface area contributed by atoms with Gasteiger partial charge in [0.25, 0.3) is 0 Å². The van der Waals surface area contributed by atoms with Crippen molar-refractivity contribution in [2.75, 3.05) is 6.26 Å². The zero-order chi connectivity index (χ0) is 15.9. The predicted molar refractivity (Wildman–Crippen MR) is 106 cm³/mol. The highest BCUT2D eigenvalue weighted by atomic mass is 35.5. The first-order valence-electron chi connectivity index (χ1n) is 8.63. The molecule has 0 amide bonds. The van der Waals surface area contributed by atoms with E-state index in [2.05, 4.69) is 20.1 Å². The van der Waals surface area contributed by atoms with Gasteiger partial charge in [-0.1, -0.05) is 86.8 Å². The summed E-state index contributed by atoms with van der Waals surface area (Å²) in [7, 11) is 3.86. The third-order valence-corrected chi connectivity index (χ3v) is 6.71. The van der Waals surface area contributed by atoms with Crippen LogP contribution in [0.4, 0.5) is 0 Å². The largest absolute Gasteiger partial charge is 0.108 e. The Hall–Kier alpha value is 1.28. The summed E-state index contributed by atoms with van der Waals surface area (Å²) in [5.74, 6) is 0.788. The van der Waals surface area contributed by atoms with E-state index in [0.717, 1.165) is 12.3 Å². The number of rotatable bonds is 15. The van der Waals surface area contributed by atoms with E-state index in [4.69, 9.17) is 23.2 Å². The summed E-state index contributed by atoms with van der Waals surface area (Å²) >= 11 is 12.1. The number of halogens is 2. The first-order valence-corrected chi connectivity index (χ1v) is 12.1. The Bertz CT molecular complexity index is 201. The van der Waals surface area contributed by atoms with E-state index in [1.165, 1.54) is 64.2 Å². The molecule has 4 heteroatoms. The second kappa shape index (κ2) is 16.1. The Morgan fingerprint density at radius 2 is 1.33 bits per heavy atom. The molecule has 0 saturated heterocycles. The third-order valence-electron chi connectivity index (χ3n) is 4.01. The minimum Gasteiger partial charge on any atom is -0.105 e. The van der Waals surface area contributed by atoms with Crippen LogP contribution in [0.5, 0.6) is 0 Å². The van der Waals surface area contributed by atoms with E-state index < -0.39 is 0 Å². The molecular formula is C17H34Cl2S2. The lowest BCUT2D eigenvalue weighted by Crippen LogP contribution is -2.19. The average Bonchev–Trinajstić information content (AvgIpc) is 2.45. The molecule has 0 bridgehead atoms. The third kappa shape index (κ3) is 13.4. The van der Waals surface area contributed by atoms with Crippen LogP contribution in [0, 0.1) is 5.92 Å². The first kappa shape index (κ1) is 22.3. The lowest BCUT2D eigenvalue weighted by Gasteiger charge is -2.27. The topological polar surface area (TPSA) is 0 Å². The summed E-state index contributed by atoms with van der Waals surface area (Å²) < 4.78 is 0. The van der Waals surface area contributed by atoms with Gasteiger partial charge in [-0.15, -0.1) is 23.2 Å². The second-order valence-electron chi connectivity index (χ2n) is 5.89. The van der Waals surface area contributed by atoms with Crippen LogP contribution in [0.1, 0.15) is 84.5 Å². The fourth-order valence-corrected chi connectivity index (χ4v) is 5.78. The Morgan fingerprint density at radius 3 is 1.71 bits per heavy atom. The van der Waals surface area contributed by atoms with Crippen LogP contribution in [-0.4, -0.2) is 16.3 Å². The van der Waals surface area contributed by atoms with Crippen LogP contribution in [0.25, 0.3) is 0 Å². The quantitative estimate of drug-likeness (QED) is 0.161. The van der Waals surface area contributed by atoms with Crippen molar-refractivity contribution in [2.24, 2.45) is 5.92 Å². The van der Waals surface area contributed by atoms with Crippen molar-refractivity contribution >= 4 is 44.8 Å². The Kier molecular flexibility index (Phi) is 17.1. The smallest absolute Gasteiger partial charge is 0.105 e. The molecule has 0 aliphatic carbocycles. The summed E-state index contributed by atoms with van der Waals surface area (Å²) in [5, 5.41) is 0.614. The van der Waals surface area contributed by atoms with Crippen molar-refractivity contribution < 1.29 is 0 Å². The normalized spacial score (nSPS) is 13.3. The van der Waals surface area contributed by atoms with Crippen LogP contribution in [0.3, 0.4) is 0 Å². The van der Waals surface area contributed by atoms with Gasteiger partial charge in [-0.3, -0.25) is 0 Å². The molecule has 0 aromatic rings. The van der Waals surface area contributed by atoms with Crippen LogP contribution < -0.4 is 0 Å². The molecule has 0 N–H and O–H groups in total. The molecule has 0 heterocycles. The minimum absolute atomic E-state index is 0.219. The van der Waals surface area contributed by atoms with E-state index >= 15 is 0 Å². The number of alkyl halides is 2. The fourth-order valence-electron chi connectivity index (χ4n) is 2.79. The van der Waals surface area contributed by atoms with E-state index in [-0.39, 0.29) is 4.84 Å². The lowest BCUT2D eigenvalue weighted by atomic mass is 9.90. The van der Waals surface area contributed by atoms with Gasteiger partial charge in [-0.05, 0) is 31.4 Å². The maximum atomic E-state index is 6.06. The zero-order valence-corrected chi connectivity index (χ0v) is 17.2. The van der Waals surface area contributed by atoms with Crippen molar-refractivity contribution in [3.63, 3.8) is 0 Å². The summed E-state index contributed by atoms with van der Waals surface area (Å²) in [6.07, 6.45) is 16.7. The minimum atomic E-state index is -0.219. The molecule has 0 radical (unpaired) electrons. The van der Waals surface area contributed by atoms with Crippen molar-refractivity contribution in [1.82, 2.24) is 0 Å². The van der Waals surface area contributed by atoms with E-state index in [1.54, 1.807) is 0 Å². The van der Waals surface area contributed by atoms with Gasteiger partial charge in [0, 0.05) is 5.25 Å². The van der Waals surface area contributed by atoms with Gasteiger partial charge in [0.1, 0.15) is 4.84 Å². The molecule has 128 valence electrons. The van der Waals surface area contributed by atoms with E-state index in [1.807, 2.05) is 21.6 Å². The predicted octanol–water partition coefficient (Wildman–Crippen LogP) is 8.12. The lowest BCUT2D eigenvalue weighted by molar-refractivity contribution is 0.388. The van der Waals surface area contributed by atoms with Gasteiger partial charge in [-0.2, -0.15) is 0 Å². The maximum Gasteiger partial charge on any atom is 0.108 e. The average molecular weight is 373 g/mol. The summed E-state index contributed by atoms with van der Waals surface area (Å²) in [6.45, 7) is 4.56. The summed E-state index contributed by atoms with van der Waals surface area (Å²) in [6, 6.07) is 0. The molecule has 0 saturated carbocycles. The number of hydrogen-bond donors (Lipinski definition) is 0. The molecule has 0 aromatic heterocycles. The van der Waals surface area contributed by atoms with Crippen molar-refractivity contribution in [3.8, 4) is 0 Å². The molecule has 0 aromatic carbocycles. The molecular weight excluding hydrogens is 339 g/mol. The molecule has 0 aliphatic rings. The Morgan fingerprint density at radius 1 is 0.810 bits per heavy atom. The van der Waals surface area contributed by atoms with Crippen molar-refractivity contribution in [1.29, 1.82) is 0 Å². The highest BCUT2D eigenvalue weighted by molar-refractivity contribution is 8.76. The van der Waals surface area contributed by atoms with E-state index in [0.29, 0.717) is 5.25 Å². The summed E-state index contributed by atoms with van der Waals surface area (Å²) in [5.41, 5.74) is 0. The standard InChI is InChI=1S/C17H34Cl2S2/c1-4-6-8-10-12-15(13-11-9-7-5-2)16(21-20-3)14-17(18)19/h15-17H,4-14H2,1-3H3. The zero-order valence-electron chi connectivity index (χ0n) is 14.1. The van der Waals surface area contributed by atoms with Crippen LogP contribution in [0.2, 0.25) is 0 Å². The maximum absolute atomic E-state index is 6.06. The molecule has 21 heavy (non-hydrogen) atoms. The van der Waals surface area contributed by atoms with Gasteiger partial charge in [-0.25, -0.2) is 0 Å². The fraction of sp³-hybridized carbons (Fsp3) is 1.00. The van der Waals surface area contributed by atoms with Crippen molar-refractivity contribution in [3.05, 3.63) is 0 Å². The molecule has 0 spiro atoms. The van der Waals surface area contributed by atoms with Crippen LogP contribution in [-0.2, 0) is 0 Å². The van der Waals surface area contributed by atoms with Crippen LogP contribution >= 0.6 is 44.8 Å². The highest BCUT2D eigenvalue weighted by Gasteiger charge is 2.23. The molecule has 0 rings (SSSR count). The molecule has 1 unspecified atom stereocenters. The Labute approximate surface area is 151 Å². The SMILES string of the molecule is CCCCCCC(CCCCCC)C(CC(Cl)Cl)SSC. The Balaban J connectivity index is 4.33. The van der Waals surface area contributed by atoms with Crippen LogP contribution in [0.15, 0.2) is 0 Å². The molecule has 0 fully saturated rings. The van der Waals surface area contributed by atoms with Gasteiger partial charge < -0.3 is 0 Å². The highest BCUT2D eigenvalue weighted by Crippen LogP contribution is 2.38. The summed E-state index contributed by atoms with van der Waals surface area (Å²) in [4.78, 5) is -0.219. The molecule has 1 atom stereocenters. The molecule has 0 aliphatic heterocycles. The monoisotopic (exact) mass is 372 g/mol. The number of unbranched alkanes of at least 4 members (excludes halogenated alkanes) is 6. The van der Waals surface area contributed by atoms with E-state index in [9.17, 15) is 0 Å². The first-order chi connectivity index (χ1) is 10.2. The second-order valence-corrected chi connectivity index (χ2v) is 9.87. The number of hydrogen-bond acceptors (Lipinski definition) is 2. The van der Waals surface area contributed by atoms with Gasteiger partial charge in [0.05, 0.1) is 0 Å².